The van der Waals surface area contributed by atoms with Crippen molar-refractivity contribution in [1.82, 2.24) is 4.90 Å². The van der Waals surface area contributed by atoms with Crippen LogP contribution in [0.5, 0.6) is 0 Å². The second-order valence-corrected chi connectivity index (χ2v) is 8.43. The molecule has 0 unspecified atom stereocenters. The van der Waals surface area contributed by atoms with Crippen LogP contribution in [0.4, 0.5) is 0 Å². The molecule has 1 amide bonds. The number of amides is 1. The van der Waals surface area contributed by atoms with E-state index in [9.17, 15) is 9.59 Å². The van der Waals surface area contributed by atoms with E-state index in [1.807, 2.05) is 31.2 Å². The van der Waals surface area contributed by atoms with Gasteiger partial charge in [-0.2, -0.15) is 0 Å². The zero-order chi connectivity index (χ0) is 20.3. The van der Waals surface area contributed by atoms with Crippen LogP contribution in [-0.2, 0) is 9.59 Å². The fourth-order valence-corrected chi connectivity index (χ4v) is 4.16. The predicted octanol–water partition coefficient (Wildman–Crippen LogP) is 5.36. The van der Waals surface area contributed by atoms with E-state index in [0.717, 1.165) is 11.1 Å². The summed E-state index contributed by atoms with van der Waals surface area (Å²) in [6.07, 6.45) is 2.87. The lowest BCUT2D eigenvalue weighted by Crippen LogP contribution is -2.29. The maximum absolute atomic E-state index is 12.6. The third-order valence-electron chi connectivity index (χ3n) is 4.24. The Bertz CT molecular complexity index is 967. The Labute approximate surface area is 177 Å². The van der Waals surface area contributed by atoms with Crippen molar-refractivity contribution in [3.05, 3.63) is 51.6 Å². The number of carbonyl (C=O) groups excluding carboxylic acids is 1. The summed E-state index contributed by atoms with van der Waals surface area (Å²) in [4.78, 5) is 25.2. The first kappa shape index (κ1) is 20.6. The highest BCUT2D eigenvalue weighted by molar-refractivity contribution is 8.26. The number of hydrogen-bond acceptors (Lipinski definition) is 5. The minimum Gasteiger partial charge on any atom is -0.481 e. The van der Waals surface area contributed by atoms with Crippen molar-refractivity contribution in [3.63, 3.8) is 0 Å². The lowest BCUT2D eigenvalue weighted by molar-refractivity contribution is -0.137. The van der Waals surface area contributed by atoms with Crippen LogP contribution in [0.15, 0.2) is 39.7 Å². The lowest BCUT2D eigenvalue weighted by Gasteiger charge is -2.13. The van der Waals surface area contributed by atoms with Gasteiger partial charge in [0, 0.05) is 29.6 Å². The molecule has 146 valence electrons. The summed E-state index contributed by atoms with van der Waals surface area (Å²) < 4.78 is 6.34. The topological polar surface area (TPSA) is 70.8 Å². The summed E-state index contributed by atoms with van der Waals surface area (Å²) in [6, 6.07) is 9.31. The molecular weight excluding hydrogens is 418 g/mol. The van der Waals surface area contributed by atoms with Crippen LogP contribution < -0.4 is 0 Å². The fraction of sp³-hybridized carbons (Fsp3) is 0.250. The molecule has 1 aromatic heterocycles. The van der Waals surface area contributed by atoms with E-state index in [1.165, 1.54) is 16.7 Å². The Kier molecular flexibility index (Phi) is 6.59. The second-order valence-electron chi connectivity index (χ2n) is 6.35. The van der Waals surface area contributed by atoms with Crippen molar-refractivity contribution in [3.8, 4) is 11.3 Å². The molecule has 0 saturated carbocycles. The van der Waals surface area contributed by atoms with Crippen LogP contribution in [-0.4, -0.2) is 32.7 Å². The molecule has 28 heavy (non-hydrogen) atoms. The van der Waals surface area contributed by atoms with Gasteiger partial charge in [-0.15, -0.1) is 0 Å². The summed E-state index contributed by atoms with van der Waals surface area (Å²) in [6.45, 7) is 2.35. The summed E-state index contributed by atoms with van der Waals surface area (Å²) in [5, 5.41) is 9.39. The summed E-state index contributed by atoms with van der Waals surface area (Å²) in [5.74, 6) is 0.240. The van der Waals surface area contributed by atoms with Crippen molar-refractivity contribution < 1.29 is 19.1 Å². The maximum atomic E-state index is 12.6. The number of thioether (sulfide) groups is 1. The molecule has 1 aliphatic rings. The number of unbranched alkanes of at least 4 members (excludes halogenated alkanes) is 1. The molecule has 1 aliphatic heterocycles. The number of furan rings is 1. The quantitative estimate of drug-likeness (QED) is 0.358. The van der Waals surface area contributed by atoms with Gasteiger partial charge in [-0.3, -0.25) is 14.5 Å². The molecule has 8 heteroatoms. The van der Waals surface area contributed by atoms with Crippen molar-refractivity contribution in [2.75, 3.05) is 6.54 Å². The van der Waals surface area contributed by atoms with Gasteiger partial charge in [-0.05, 0) is 55.7 Å². The number of rotatable bonds is 7. The molecule has 1 N–H and O–H groups in total. The van der Waals surface area contributed by atoms with Crippen LogP contribution in [0.2, 0.25) is 5.02 Å². The van der Waals surface area contributed by atoms with Gasteiger partial charge in [0.1, 0.15) is 15.8 Å². The van der Waals surface area contributed by atoms with E-state index in [-0.39, 0.29) is 12.3 Å². The first-order chi connectivity index (χ1) is 13.3. The van der Waals surface area contributed by atoms with Gasteiger partial charge < -0.3 is 9.52 Å². The van der Waals surface area contributed by atoms with E-state index in [0.29, 0.717) is 45.2 Å². The van der Waals surface area contributed by atoms with E-state index >= 15 is 0 Å². The number of aliphatic carboxylic acids is 1. The van der Waals surface area contributed by atoms with Crippen LogP contribution in [0, 0.1) is 6.92 Å². The number of benzene rings is 1. The molecule has 1 saturated heterocycles. The van der Waals surface area contributed by atoms with E-state index in [1.54, 1.807) is 12.1 Å². The van der Waals surface area contributed by atoms with E-state index < -0.39 is 5.97 Å². The standard InChI is InChI=1S/C20H18ClNO4S2/c1-12-10-13(5-7-15(12)21)16-8-6-14(26-16)11-17-19(25)22(20(27)28-17)9-3-2-4-18(23)24/h5-8,10-11H,2-4,9H2,1H3,(H,23,24)/b17-11+. The maximum Gasteiger partial charge on any atom is 0.303 e. The number of aryl methyl sites for hydroxylation is 1. The first-order valence-electron chi connectivity index (χ1n) is 8.68. The summed E-state index contributed by atoms with van der Waals surface area (Å²) in [5.41, 5.74) is 1.87. The zero-order valence-electron chi connectivity index (χ0n) is 15.1. The highest BCUT2D eigenvalue weighted by Gasteiger charge is 2.31. The van der Waals surface area contributed by atoms with Crippen molar-refractivity contribution in [2.24, 2.45) is 0 Å². The molecule has 1 fully saturated rings. The van der Waals surface area contributed by atoms with Gasteiger partial charge in [-0.25, -0.2) is 0 Å². The highest BCUT2D eigenvalue weighted by atomic mass is 35.5. The predicted molar refractivity (Wildman–Crippen MR) is 115 cm³/mol. The number of carboxylic acids is 1. The Balaban J connectivity index is 1.69. The molecule has 0 bridgehead atoms. The summed E-state index contributed by atoms with van der Waals surface area (Å²) in [7, 11) is 0. The molecule has 0 aliphatic carbocycles. The number of thiocarbonyl (C=S) groups is 1. The fourth-order valence-electron chi connectivity index (χ4n) is 2.75. The number of halogens is 1. The Morgan fingerprint density at radius 2 is 2.11 bits per heavy atom. The van der Waals surface area contributed by atoms with Crippen molar-refractivity contribution in [1.29, 1.82) is 0 Å². The van der Waals surface area contributed by atoms with Gasteiger partial charge in [0.15, 0.2) is 0 Å². The van der Waals surface area contributed by atoms with Crippen molar-refractivity contribution in [2.45, 2.75) is 26.2 Å². The number of carboxylic acid groups (broad SMARTS) is 1. The molecule has 0 spiro atoms. The SMILES string of the molecule is Cc1cc(-c2ccc(/C=C3/SC(=S)N(CCCCC(=O)O)C3=O)o2)ccc1Cl. The number of carbonyl (C=O) groups is 2. The Morgan fingerprint density at radius 3 is 2.82 bits per heavy atom. The molecule has 2 aromatic rings. The molecular formula is C20H18ClNO4S2. The molecule has 3 rings (SSSR count). The van der Waals surface area contributed by atoms with E-state index in [4.69, 9.17) is 33.3 Å². The van der Waals surface area contributed by atoms with Gasteiger partial charge in [0.2, 0.25) is 0 Å². The number of nitrogens with zero attached hydrogens (tertiary/aromatic N) is 1. The normalized spacial score (nSPS) is 15.6. The average Bonchev–Trinajstić information content (AvgIpc) is 3.20. The molecule has 2 heterocycles. The van der Waals surface area contributed by atoms with Crippen LogP contribution in [0.1, 0.15) is 30.6 Å². The first-order valence-corrected chi connectivity index (χ1v) is 10.3. The summed E-state index contributed by atoms with van der Waals surface area (Å²) >= 11 is 12.6. The van der Waals surface area contributed by atoms with Crippen LogP contribution >= 0.6 is 35.6 Å². The average molecular weight is 436 g/mol. The highest BCUT2D eigenvalue weighted by Crippen LogP contribution is 2.34. The number of hydrogen-bond donors (Lipinski definition) is 1. The van der Waals surface area contributed by atoms with Gasteiger partial charge in [-0.1, -0.05) is 35.6 Å². The minimum absolute atomic E-state index is 0.0873. The molecule has 0 atom stereocenters. The zero-order valence-corrected chi connectivity index (χ0v) is 17.5. The van der Waals surface area contributed by atoms with Crippen LogP contribution in [0.25, 0.3) is 17.4 Å². The smallest absolute Gasteiger partial charge is 0.303 e. The molecule has 5 nitrogen and oxygen atoms in total. The molecule has 1 aromatic carbocycles. The lowest BCUT2D eigenvalue weighted by atomic mass is 10.1. The van der Waals surface area contributed by atoms with Gasteiger partial charge in [0.05, 0.1) is 4.91 Å². The Morgan fingerprint density at radius 1 is 1.32 bits per heavy atom. The minimum atomic E-state index is -0.838. The van der Waals surface area contributed by atoms with Gasteiger partial charge >= 0.3 is 5.97 Å². The second kappa shape index (κ2) is 8.94. The van der Waals surface area contributed by atoms with E-state index in [2.05, 4.69) is 0 Å². The molecule has 0 radical (unpaired) electrons. The van der Waals surface area contributed by atoms with Crippen molar-refractivity contribution >= 4 is 57.9 Å². The third kappa shape index (κ3) is 4.84. The van der Waals surface area contributed by atoms with Crippen LogP contribution in [0.3, 0.4) is 0 Å². The van der Waals surface area contributed by atoms with Gasteiger partial charge in [0.25, 0.3) is 5.91 Å². The monoisotopic (exact) mass is 435 g/mol. The Hall–Kier alpha value is -2.09. The largest absolute Gasteiger partial charge is 0.481 e. The third-order valence-corrected chi connectivity index (χ3v) is 6.04.